The molecule has 1 atom stereocenters. The fourth-order valence-electron chi connectivity index (χ4n) is 2.93. The van der Waals surface area contributed by atoms with Crippen LogP contribution in [0.1, 0.15) is 41.7 Å². The van der Waals surface area contributed by atoms with Crippen LogP contribution in [0.3, 0.4) is 0 Å². The zero-order valence-electron chi connectivity index (χ0n) is 13.3. The van der Waals surface area contributed by atoms with Crippen LogP contribution >= 0.6 is 11.6 Å². The summed E-state index contributed by atoms with van der Waals surface area (Å²) in [7, 11) is 0. The van der Waals surface area contributed by atoms with Crippen molar-refractivity contribution in [3.8, 4) is 0 Å². The van der Waals surface area contributed by atoms with E-state index in [1.165, 1.54) is 0 Å². The van der Waals surface area contributed by atoms with Crippen molar-refractivity contribution in [3.63, 3.8) is 0 Å². The molecule has 0 spiro atoms. The van der Waals surface area contributed by atoms with E-state index in [0.29, 0.717) is 30.3 Å². The molecule has 7 heteroatoms. The Morgan fingerprint density at radius 2 is 2.09 bits per heavy atom. The summed E-state index contributed by atoms with van der Waals surface area (Å²) in [5, 5.41) is 3.93. The second kappa shape index (κ2) is 6.66. The van der Waals surface area contributed by atoms with Crippen LogP contribution < -0.4 is 0 Å². The van der Waals surface area contributed by atoms with E-state index in [4.69, 9.17) is 16.1 Å². The first-order valence-corrected chi connectivity index (χ1v) is 8.10. The number of nitrogens with zero attached hydrogens (tertiary/aromatic N) is 4. The number of hydrogen-bond donors (Lipinski definition) is 0. The standard InChI is InChI=1S/C16H19ClN4O2/c1-10-7-11(2)19-16(18-10)12-5-6-21(9-12)15(22)4-3-13-8-14(17)20-23-13/h7-8,12H,3-6,9H2,1-2H3. The number of carbonyl (C=O) groups excluding carboxylic acids is 1. The maximum absolute atomic E-state index is 12.3. The van der Waals surface area contributed by atoms with Crippen molar-refractivity contribution in [2.75, 3.05) is 13.1 Å². The Morgan fingerprint density at radius 3 is 2.74 bits per heavy atom. The monoisotopic (exact) mass is 334 g/mol. The molecule has 0 saturated carbocycles. The van der Waals surface area contributed by atoms with Gasteiger partial charge < -0.3 is 9.42 Å². The highest BCUT2D eigenvalue weighted by Gasteiger charge is 2.29. The van der Waals surface area contributed by atoms with Gasteiger partial charge in [-0.3, -0.25) is 4.79 Å². The smallest absolute Gasteiger partial charge is 0.223 e. The van der Waals surface area contributed by atoms with E-state index in [1.54, 1.807) is 6.07 Å². The van der Waals surface area contributed by atoms with E-state index in [0.717, 1.165) is 30.2 Å². The lowest BCUT2D eigenvalue weighted by Crippen LogP contribution is -2.28. The maximum atomic E-state index is 12.3. The Kier molecular flexibility index (Phi) is 4.61. The highest BCUT2D eigenvalue weighted by atomic mass is 35.5. The van der Waals surface area contributed by atoms with Crippen molar-refractivity contribution in [1.29, 1.82) is 0 Å². The molecule has 2 aromatic heterocycles. The Morgan fingerprint density at radius 1 is 1.35 bits per heavy atom. The molecule has 2 aromatic rings. The lowest BCUT2D eigenvalue weighted by Gasteiger charge is -2.16. The molecule has 1 amide bonds. The topological polar surface area (TPSA) is 72.1 Å². The highest BCUT2D eigenvalue weighted by molar-refractivity contribution is 6.29. The molecule has 0 aliphatic carbocycles. The molecule has 1 saturated heterocycles. The van der Waals surface area contributed by atoms with E-state index in [2.05, 4.69) is 15.1 Å². The molecule has 3 heterocycles. The van der Waals surface area contributed by atoms with Crippen LogP contribution in [-0.4, -0.2) is 39.0 Å². The molecule has 1 aliphatic heterocycles. The largest absolute Gasteiger partial charge is 0.360 e. The quantitative estimate of drug-likeness (QED) is 0.859. The summed E-state index contributed by atoms with van der Waals surface area (Å²) in [5.41, 5.74) is 1.94. The van der Waals surface area contributed by atoms with E-state index in [1.807, 2.05) is 24.8 Å². The van der Waals surface area contributed by atoms with Crippen LogP contribution in [0.4, 0.5) is 0 Å². The molecule has 0 bridgehead atoms. The molecule has 0 aromatic carbocycles. The summed E-state index contributed by atoms with van der Waals surface area (Å²) < 4.78 is 5.02. The Balaban J connectivity index is 1.57. The summed E-state index contributed by atoms with van der Waals surface area (Å²) in [4.78, 5) is 23.2. The lowest BCUT2D eigenvalue weighted by molar-refractivity contribution is -0.130. The van der Waals surface area contributed by atoms with Gasteiger partial charge in [-0.25, -0.2) is 9.97 Å². The summed E-state index contributed by atoms with van der Waals surface area (Å²) in [5.74, 6) is 1.82. The van der Waals surface area contributed by atoms with E-state index in [-0.39, 0.29) is 11.8 Å². The first kappa shape index (κ1) is 15.9. The van der Waals surface area contributed by atoms with E-state index < -0.39 is 0 Å². The average molecular weight is 335 g/mol. The number of hydrogen-bond acceptors (Lipinski definition) is 5. The number of aryl methyl sites for hydroxylation is 3. The van der Waals surface area contributed by atoms with Crippen molar-refractivity contribution >= 4 is 17.5 Å². The van der Waals surface area contributed by atoms with Crippen molar-refractivity contribution in [1.82, 2.24) is 20.0 Å². The number of aromatic nitrogens is 3. The first-order valence-electron chi connectivity index (χ1n) is 7.72. The van der Waals surface area contributed by atoms with Gasteiger partial charge in [0.25, 0.3) is 0 Å². The number of amides is 1. The zero-order chi connectivity index (χ0) is 16.4. The summed E-state index contributed by atoms with van der Waals surface area (Å²) in [6.07, 6.45) is 1.81. The third kappa shape index (κ3) is 3.88. The molecule has 23 heavy (non-hydrogen) atoms. The summed E-state index contributed by atoms with van der Waals surface area (Å²) in [6.45, 7) is 5.37. The minimum Gasteiger partial charge on any atom is -0.360 e. The van der Waals surface area contributed by atoms with E-state index in [9.17, 15) is 4.79 Å². The number of likely N-dealkylation sites (tertiary alicyclic amines) is 1. The van der Waals surface area contributed by atoms with Gasteiger partial charge >= 0.3 is 0 Å². The predicted molar refractivity (Wildman–Crippen MR) is 85.3 cm³/mol. The van der Waals surface area contributed by atoms with E-state index >= 15 is 0 Å². The molecular weight excluding hydrogens is 316 g/mol. The molecule has 6 nitrogen and oxygen atoms in total. The van der Waals surface area contributed by atoms with Crippen molar-refractivity contribution in [3.05, 3.63) is 40.3 Å². The molecule has 122 valence electrons. The Labute approximate surface area is 139 Å². The molecule has 3 rings (SSSR count). The molecule has 1 unspecified atom stereocenters. The fourth-order valence-corrected chi connectivity index (χ4v) is 3.08. The maximum Gasteiger partial charge on any atom is 0.223 e. The number of halogens is 1. The lowest BCUT2D eigenvalue weighted by atomic mass is 10.1. The molecular formula is C16H19ClN4O2. The minimum atomic E-state index is 0.115. The van der Waals surface area contributed by atoms with Crippen LogP contribution in [-0.2, 0) is 11.2 Å². The van der Waals surface area contributed by atoms with Gasteiger partial charge in [-0.2, -0.15) is 0 Å². The van der Waals surface area contributed by atoms with Gasteiger partial charge in [0.05, 0.1) is 0 Å². The predicted octanol–water partition coefficient (Wildman–Crippen LogP) is 2.68. The van der Waals surface area contributed by atoms with Gasteiger partial charge in [-0.15, -0.1) is 0 Å². The molecule has 0 radical (unpaired) electrons. The summed E-state index contributed by atoms with van der Waals surface area (Å²) >= 11 is 5.70. The highest BCUT2D eigenvalue weighted by Crippen LogP contribution is 2.25. The van der Waals surface area contributed by atoms with Crippen LogP contribution in [0.2, 0.25) is 5.15 Å². The van der Waals surface area contributed by atoms with Gasteiger partial charge in [0, 0.05) is 49.3 Å². The van der Waals surface area contributed by atoms with Crippen LogP contribution in [0.25, 0.3) is 0 Å². The van der Waals surface area contributed by atoms with Crippen molar-refractivity contribution in [2.45, 2.75) is 39.0 Å². The second-order valence-electron chi connectivity index (χ2n) is 5.95. The van der Waals surface area contributed by atoms with Gasteiger partial charge in [0.15, 0.2) is 5.15 Å². The second-order valence-corrected chi connectivity index (χ2v) is 6.34. The van der Waals surface area contributed by atoms with Crippen molar-refractivity contribution < 1.29 is 9.32 Å². The van der Waals surface area contributed by atoms with Gasteiger partial charge in [-0.05, 0) is 26.3 Å². The minimum absolute atomic E-state index is 0.115. The fraction of sp³-hybridized carbons (Fsp3) is 0.500. The van der Waals surface area contributed by atoms with Gasteiger partial charge in [0.1, 0.15) is 11.6 Å². The SMILES string of the molecule is Cc1cc(C)nc(C2CCN(C(=O)CCc3cc(Cl)no3)C2)n1. The number of rotatable bonds is 4. The van der Waals surface area contributed by atoms with Crippen LogP contribution in [0.5, 0.6) is 0 Å². The third-order valence-electron chi connectivity index (χ3n) is 4.02. The Hall–Kier alpha value is -1.95. The molecule has 1 aliphatic rings. The van der Waals surface area contributed by atoms with Crippen molar-refractivity contribution in [2.24, 2.45) is 0 Å². The summed E-state index contributed by atoms with van der Waals surface area (Å²) in [6, 6.07) is 3.61. The first-order chi connectivity index (χ1) is 11.0. The Bertz CT molecular complexity index is 696. The van der Waals surface area contributed by atoms with Crippen LogP contribution in [0.15, 0.2) is 16.7 Å². The molecule has 0 N–H and O–H groups in total. The van der Waals surface area contributed by atoms with Crippen LogP contribution in [0, 0.1) is 13.8 Å². The van der Waals surface area contributed by atoms with Gasteiger partial charge in [-0.1, -0.05) is 16.8 Å². The number of carbonyl (C=O) groups is 1. The van der Waals surface area contributed by atoms with Gasteiger partial charge in [0.2, 0.25) is 5.91 Å². The normalized spacial score (nSPS) is 17.7. The third-order valence-corrected chi connectivity index (χ3v) is 4.20. The zero-order valence-corrected chi connectivity index (χ0v) is 14.0. The average Bonchev–Trinajstić information content (AvgIpc) is 3.13. The molecule has 1 fully saturated rings.